The third kappa shape index (κ3) is 3.13. The fraction of sp³-hybridized carbons (Fsp3) is 0.714. The van der Waals surface area contributed by atoms with E-state index in [-0.39, 0.29) is 6.61 Å². The van der Waals surface area contributed by atoms with Crippen molar-refractivity contribution in [1.29, 1.82) is 0 Å². The largest absolute Gasteiger partial charge is 0.396 e. The third-order valence-corrected chi connectivity index (χ3v) is 1.52. The first-order valence-corrected chi connectivity index (χ1v) is 3.88. The van der Waals surface area contributed by atoms with Crippen molar-refractivity contribution in [1.82, 2.24) is 15.0 Å². The normalized spacial score (nSPS) is 10.3. The van der Waals surface area contributed by atoms with Gasteiger partial charge in [0.1, 0.15) is 0 Å². The van der Waals surface area contributed by atoms with Crippen LogP contribution in [0.5, 0.6) is 0 Å². The van der Waals surface area contributed by atoms with Crippen molar-refractivity contribution in [3.05, 3.63) is 12.4 Å². The number of aliphatic hydroxyl groups is 1. The van der Waals surface area contributed by atoms with E-state index in [4.69, 9.17) is 5.11 Å². The minimum absolute atomic E-state index is 0.289. The van der Waals surface area contributed by atoms with Crippen LogP contribution >= 0.6 is 0 Å². The molecule has 0 aliphatic rings. The zero-order valence-corrected chi connectivity index (χ0v) is 6.48. The molecule has 11 heavy (non-hydrogen) atoms. The quantitative estimate of drug-likeness (QED) is 0.628. The topological polar surface area (TPSA) is 50.9 Å². The van der Waals surface area contributed by atoms with Crippen molar-refractivity contribution in [2.45, 2.75) is 25.8 Å². The fourth-order valence-electron chi connectivity index (χ4n) is 0.914. The van der Waals surface area contributed by atoms with Gasteiger partial charge >= 0.3 is 0 Å². The predicted molar refractivity (Wildman–Crippen MR) is 41.0 cm³/mol. The van der Waals surface area contributed by atoms with Crippen LogP contribution in [-0.2, 0) is 6.54 Å². The number of hydrogen-bond donors (Lipinski definition) is 1. The predicted octanol–water partition coefficient (Wildman–Crippen LogP) is 0.441. The maximum Gasteiger partial charge on any atom is 0.0692 e. The number of aliphatic hydroxyl groups excluding tert-OH is 1. The lowest BCUT2D eigenvalue weighted by molar-refractivity contribution is 0.281. The van der Waals surface area contributed by atoms with Gasteiger partial charge in [0.25, 0.3) is 0 Å². The molecule has 0 fully saturated rings. The molecule has 0 saturated carbocycles. The molecule has 0 aliphatic heterocycles. The number of aromatic nitrogens is 3. The van der Waals surface area contributed by atoms with Crippen LogP contribution in [0.4, 0.5) is 0 Å². The molecule has 1 rings (SSSR count). The van der Waals surface area contributed by atoms with Gasteiger partial charge in [-0.2, -0.15) is 0 Å². The molecule has 0 atom stereocenters. The van der Waals surface area contributed by atoms with Gasteiger partial charge in [0.15, 0.2) is 0 Å². The van der Waals surface area contributed by atoms with Crippen LogP contribution < -0.4 is 0 Å². The maximum absolute atomic E-state index is 8.49. The first kappa shape index (κ1) is 8.20. The summed E-state index contributed by atoms with van der Waals surface area (Å²) in [5, 5.41) is 16.0. The second kappa shape index (κ2) is 4.85. The second-order valence-corrected chi connectivity index (χ2v) is 2.45. The van der Waals surface area contributed by atoms with E-state index < -0.39 is 0 Å². The van der Waals surface area contributed by atoms with Crippen LogP contribution in [0.3, 0.4) is 0 Å². The SMILES string of the molecule is OCCCCCn1ccnn1. The minimum Gasteiger partial charge on any atom is -0.396 e. The minimum atomic E-state index is 0.289. The second-order valence-electron chi connectivity index (χ2n) is 2.45. The van der Waals surface area contributed by atoms with Gasteiger partial charge in [-0.1, -0.05) is 5.21 Å². The van der Waals surface area contributed by atoms with Gasteiger partial charge in [0.05, 0.1) is 6.20 Å². The van der Waals surface area contributed by atoms with Crippen molar-refractivity contribution in [3.8, 4) is 0 Å². The smallest absolute Gasteiger partial charge is 0.0692 e. The van der Waals surface area contributed by atoms with Gasteiger partial charge in [0.2, 0.25) is 0 Å². The van der Waals surface area contributed by atoms with Crippen molar-refractivity contribution < 1.29 is 5.11 Å². The van der Waals surface area contributed by atoms with E-state index in [1.807, 2.05) is 6.20 Å². The average molecular weight is 155 g/mol. The van der Waals surface area contributed by atoms with E-state index >= 15 is 0 Å². The summed E-state index contributed by atoms with van der Waals surface area (Å²) in [6.45, 7) is 1.19. The molecule has 0 aliphatic carbocycles. The Hall–Kier alpha value is -0.900. The summed E-state index contributed by atoms with van der Waals surface area (Å²) < 4.78 is 1.80. The number of aryl methyl sites for hydroxylation is 1. The van der Waals surface area contributed by atoms with E-state index in [1.165, 1.54) is 0 Å². The lowest BCUT2D eigenvalue weighted by atomic mass is 10.2. The zero-order chi connectivity index (χ0) is 7.94. The molecule has 1 aromatic rings. The molecule has 4 heteroatoms. The highest BCUT2D eigenvalue weighted by Crippen LogP contribution is 1.96. The number of unbranched alkanes of at least 4 members (excludes halogenated alkanes) is 2. The maximum atomic E-state index is 8.49. The molecule has 0 spiro atoms. The Labute approximate surface area is 65.8 Å². The molecular weight excluding hydrogens is 142 g/mol. The molecular formula is C7H13N3O. The Morgan fingerprint density at radius 2 is 2.18 bits per heavy atom. The molecule has 0 unspecified atom stereocenters. The van der Waals surface area contributed by atoms with Crippen molar-refractivity contribution in [2.75, 3.05) is 6.61 Å². The summed E-state index contributed by atoms with van der Waals surface area (Å²) in [5.41, 5.74) is 0. The Morgan fingerprint density at radius 3 is 2.82 bits per heavy atom. The standard InChI is InChI=1S/C7H13N3O/c11-7-3-1-2-5-10-6-4-8-9-10/h4,6,11H,1-3,5,7H2. The van der Waals surface area contributed by atoms with Crippen LogP contribution in [0.15, 0.2) is 12.4 Å². The molecule has 4 nitrogen and oxygen atoms in total. The Bertz CT molecular complexity index is 174. The monoisotopic (exact) mass is 155 g/mol. The van der Waals surface area contributed by atoms with Gasteiger partial charge in [-0.3, -0.25) is 4.68 Å². The summed E-state index contributed by atoms with van der Waals surface area (Å²) in [7, 11) is 0. The average Bonchev–Trinajstić information content (AvgIpc) is 2.50. The number of nitrogens with zero attached hydrogens (tertiary/aromatic N) is 3. The summed E-state index contributed by atoms with van der Waals surface area (Å²) in [5.74, 6) is 0. The van der Waals surface area contributed by atoms with E-state index in [0.29, 0.717) is 0 Å². The molecule has 0 amide bonds. The summed E-state index contributed by atoms with van der Waals surface area (Å²) in [6, 6.07) is 0. The molecule has 62 valence electrons. The van der Waals surface area contributed by atoms with Crippen LogP contribution in [0, 0.1) is 0 Å². The highest BCUT2D eigenvalue weighted by atomic mass is 16.2. The van der Waals surface area contributed by atoms with E-state index in [9.17, 15) is 0 Å². The highest BCUT2D eigenvalue weighted by Gasteiger charge is 1.90. The Kier molecular flexibility index (Phi) is 3.61. The third-order valence-electron chi connectivity index (χ3n) is 1.52. The van der Waals surface area contributed by atoms with Crippen molar-refractivity contribution in [2.24, 2.45) is 0 Å². The van der Waals surface area contributed by atoms with Crippen LogP contribution in [-0.4, -0.2) is 26.7 Å². The van der Waals surface area contributed by atoms with Crippen LogP contribution in [0.25, 0.3) is 0 Å². The van der Waals surface area contributed by atoms with Crippen LogP contribution in [0.1, 0.15) is 19.3 Å². The lowest BCUT2D eigenvalue weighted by Gasteiger charge is -1.97. The van der Waals surface area contributed by atoms with E-state index in [2.05, 4.69) is 10.3 Å². The Balaban J connectivity index is 2.04. The van der Waals surface area contributed by atoms with Crippen LogP contribution in [0.2, 0.25) is 0 Å². The molecule has 1 N–H and O–H groups in total. The molecule has 0 bridgehead atoms. The summed E-state index contributed by atoms with van der Waals surface area (Å²) in [4.78, 5) is 0. The molecule has 0 aromatic carbocycles. The van der Waals surface area contributed by atoms with Gasteiger partial charge in [0, 0.05) is 19.3 Å². The first-order chi connectivity index (χ1) is 5.43. The fourth-order valence-corrected chi connectivity index (χ4v) is 0.914. The number of rotatable bonds is 5. The molecule has 0 saturated heterocycles. The van der Waals surface area contributed by atoms with E-state index in [0.717, 1.165) is 25.8 Å². The summed E-state index contributed by atoms with van der Waals surface area (Å²) in [6.07, 6.45) is 6.51. The number of hydrogen-bond acceptors (Lipinski definition) is 3. The molecule has 1 aromatic heterocycles. The van der Waals surface area contributed by atoms with Crippen molar-refractivity contribution >= 4 is 0 Å². The highest BCUT2D eigenvalue weighted by molar-refractivity contribution is 4.63. The first-order valence-electron chi connectivity index (χ1n) is 3.88. The lowest BCUT2D eigenvalue weighted by Crippen LogP contribution is -1.99. The van der Waals surface area contributed by atoms with E-state index in [1.54, 1.807) is 10.9 Å². The van der Waals surface area contributed by atoms with Gasteiger partial charge in [-0.05, 0) is 19.3 Å². The van der Waals surface area contributed by atoms with Crippen molar-refractivity contribution in [3.63, 3.8) is 0 Å². The molecule has 1 heterocycles. The molecule has 0 radical (unpaired) electrons. The Morgan fingerprint density at radius 1 is 1.27 bits per heavy atom. The van der Waals surface area contributed by atoms with Gasteiger partial charge in [-0.25, -0.2) is 0 Å². The summed E-state index contributed by atoms with van der Waals surface area (Å²) >= 11 is 0. The van der Waals surface area contributed by atoms with Gasteiger partial charge in [-0.15, -0.1) is 5.10 Å². The zero-order valence-electron chi connectivity index (χ0n) is 6.48. The van der Waals surface area contributed by atoms with Gasteiger partial charge < -0.3 is 5.11 Å².